The topological polar surface area (TPSA) is 12.4 Å². The summed E-state index contributed by atoms with van der Waals surface area (Å²) in [4.78, 5) is 5.92. The lowest BCUT2D eigenvalue weighted by Gasteiger charge is -1.96. The summed E-state index contributed by atoms with van der Waals surface area (Å²) in [5.41, 5.74) is 3.40. The van der Waals surface area contributed by atoms with Crippen LogP contribution in [0.2, 0.25) is 0 Å². The molecule has 0 amide bonds. The van der Waals surface area contributed by atoms with Gasteiger partial charge in [-0.3, -0.25) is 4.99 Å². The Morgan fingerprint density at radius 2 is 1.89 bits per heavy atom. The second-order valence-corrected chi connectivity index (χ2v) is 5.09. The predicted molar refractivity (Wildman–Crippen MR) is 79.8 cm³/mol. The van der Waals surface area contributed by atoms with Crippen molar-refractivity contribution in [3.05, 3.63) is 70.4 Å². The fourth-order valence-corrected chi connectivity index (χ4v) is 2.53. The fourth-order valence-electron chi connectivity index (χ4n) is 1.91. The zero-order chi connectivity index (χ0) is 12.2. The summed E-state index contributed by atoms with van der Waals surface area (Å²) in [6.45, 7) is 0. The Kier molecular flexibility index (Phi) is 3.20. The number of nitrogens with zero attached hydrogens (tertiary/aromatic N) is 1. The number of benzene rings is 1. The van der Waals surface area contributed by atoms with E-state index in [1.165, 1.54) is 10.4 Å². The van der Waals surface area contributed by atoms with Gasteiger partial charge < -0.3 is 0 Å². The van der Waals surface area contributed by atoms with Crippen molar-refractivity contribution in [3.63, 3.8) is 0 Å². The first-order valence-corrected chi connectivity index (χ1v) is 6.84. The smallest absolute Gasteiger partial charge is 0.0669 e. The van der Waals surface area contributed by atoms with Crippen molar-refractivity contribution in [3.8, 4) is 0 Å². The van der Waals surface area contributed by atoms with E-state index in [1.807, 2.05) is 18.2 Å². The van der Waals surface area contributed by atoms with Gasteiger partial charge in [0, 0.05) is 17.0 Å². The van der Waals surface area contributed by atoms with E-state index >= 15 is 0 Å². The van der Waals surface area contributed by atoms with Gasteiger partial charge in [-0.05, 0) is 29.2 Å². The monoisotopic (exact) mass is 251 g/mol. The summed E-state index contributed by atoms with van der Waals surface area (Å²) in [6.07, 6.45) is 7.35. The van der Waals surface area contributed by atoms with Crippen molar-refractivity contribution in [1.82, 2.24) is 0 Å². The van der Waals surface area contributed by atoms with Gasteiger partial charge in [0.2, 0.25) is 0 Å². The maximum atomic E-state index is 4.65. The van der Waals surface area contributed by atoms with Gasteiger partial charge in [0.05, 0.1) is 5.70 Å². The highest BCUT2D eigenvalue weighted by atomic mass is 32.1. The van der Waals surface area contributed by atoms with Gasteiger partial charge in [-0.2, -0.15) is 0 Å². The molecule has 3 rings (SSSR count). The van der Waals surface area contributed by atoms with Crippen molar-refractivity contribution in [2.75, 3.05) is 0 Å². The molecule has 1 aromatic carbocycles. The minimum atomic E-state index is 0.923. The average Bonchev–Trinajstić information content (AvgIpc) is 3.09. The van der Waals surface area contributed by atoms with E-state index in [-0.39, 0.29) is 0 Å². The molecule has 2 aromatic rings. The summed E-state index contributed by atoms with van der Waals surface area (Å²) in [5.74, 6) is 0. The Bertz CT molecular complexity index is 604. The SMILES string of the molecule is C(=Cc1cccs1)C1=NC(c2ccccc2)=CC1. The molecule has 1 nitrogen and oxygen atoms in total. The number of allylic oxidation sites excluding steroid dienone is 2. The highest BCUT2D eigenvalue weighted by molar-refractivity contribution is 7.10. The molecule has 18 heavy (non-hydrogen) atoms. The highest BCUT2D eigenvalue weighted by Crippen LogP contribution is 2.22. The second kappa shape index (κ2) is 5.15. The Hall–Kier alpha value is -1.93. The van der Waals surface area contributed by atoms with E-state index in [0.29, 0.717) is 0 Å². The summed E-state index contributed by atoms with van der Waals surface area (Å²) in [7, 11) is 0. The van der Waals surface area contributed by atoms with E-state index in [1.54, 1.807) is 11.3 Å². The Labute approximate surface area is 111 Å². The van der Waals surface area contributed by atoms with Crippen LogP contribution in [0, 0.1) is 0 Å². The first-order chi connectivity index (χ1) is 8.92. The van der Waals surface area contributed by atoms with Gasteiger partial charge in [-0.25, -0.2) is 0 Å². The Morgan fingerprint density at radius 3 is 2.67 bits per heavy atom. The quantitative estimate of drug-likeness (QED) is 0.753. The normalized spacial score (nSPS) is 14.9. The molecule has 0 aliphatic carbocycles. The van der Waals surface area contributed by atoms with E-state index < -0.39 is 0 Å². The molecule has 0 radical (unpaired) electrons. The zero-order valence-electron chi connectivity index (χ0n) is 9.91. The molecule has 0 atom stereocenters. The third-order valence-corrected chi connectivity index (χ3v) is 3.66. The molecule has 0 saturated heterocycles. The number of hydrogen-bond donors (Lipinski definition) is 0. The summed E-state index contributed by atoms with van der Waals surface area (Å²) < 4.78 is 0. The first-order valence-electron chi connectivity index (χ1n) is 5.96. The number of aliphatic imine (C=N–C) groups is 1. The van der Waals surface area contributed by atoms with E-state index in [9.17, 15) is 0 Å². The lowest BCUT2D eigenvalue weighted by Crippen LogP contribution is -1.84. The molecule has 1 aliphatic heterocycles. The van der Waals surface area contributed by atoms with E-state index in [2.05, 4.69) is 52.9 Å². The molecule has 88 valence electrons. The van der Waals surface area contributed by atoms with Crippen molar-refractivity contribution >= 4 is 28.8 Å². The van der Waals surface area contributed by atoms with Crippen LogP contribution in [0.3, 0.4) is 0 Å². The maximum absolute atomic E-state index is 4.65. The molecule has 0 fully saturated rings. The van der Waals surface area contributed by atoms with Crippen LogP contribution >= 0.6 is 11.3 Å². The molecule has 1 aromatic heterocycles. The summed E-state index contributed by atoms with van der Waals surface area (Å²) in [5, 5.41) is 2.09. The van der Waals surface area contributed by atoms with Crippen LogP contribution in [0.4, 0.5) is 0 Å². The first kappa shape index (κ1) is 11.2. The van der Waals surface area contributed by atoms with Gasteiger partial charge in [-0.1, -0.05) is 42.5 Å². The average molecular weight is 251 g/mol. The number of hydrogen-bond acceptors (Lipinski definition) is 2. The van der Waals surface area contributed by atoms with Crippen LogP contribution in [0.15, 0.2) is 65.0 Å². The molecular weight excluding hydrogens is 238 g/mol. The molecular formula is C16H13NS. The van der Waals surface area contributed by atoms with Crippen LogP contribution in [-0.4, -0.2) is 5.71 Å². The molecule has 0 spiro atoms. The molecule has 0 bridgehead atoms. The largest absolute Gasteiger partial charge is 0.253 e. The third-order valence-electron chi connectivity index (χ3n) is 2.82. The Balaban J connectivity index is 1.75. The minimum absolute atomic E-state index is 0.923. The molecule has 1 aliphatic rings. The lowest BCUT2D eigenvalue weighted by molar-refractivity contribution is 1.53. The van der Waals surface area contributed by atoms with Gasteiger partial charge in [-0.15, -0.1) is 11.3 Å². The number of thiophene rings is 1. The van der Waals surface area contributed by atoms with Crippen LogP contribution in [0.1, 0.15) is 16.9 Å². The van der Waals surface area contributed by atoms with Crippen LogP contribution < -0.4 is 0 Å². The molecule has 2 heterocycles. The molecule has 2 heteroatoms. The third kappa shape index (κ3) is 2.49. The maximum Gasteiger partial charge on any atom is 0.0669 e. The lowest BCUT2D eigenvalue weighted by atomic mass is 10.1. The van der Waals surface area contributed by atoms with Gasteiger partial charge in [0.1, 0.15) is 0 Å². The minimum Gasteiger partial charge on any atom is -0.253 e. The predicted octanol–water partition coefficient (Wildman–Crippen LogP) is 4.65. The van der Waals surface area contributed by atoms with E-state index in [4.69, 9.17) is 0 Å². The fraction of sp³-hybridized carbons (Fsp3) is 0.0625. The van der Waals surface area contributed by atoms with Crippen LogP contribution in [0.5, 0.6) is 0 Å². The molecule has 0 unspecified atom stereocenters. The van der Waals surface area contributed by atoms with Crippen molar-refractivity contribution in [2.45, 2.75) is 6.42 Å². The zero-order valence-corrected chi connectivity index (χ0v) is 10.7. The highest BCUT2D eigenvalue weighted by Gasteiger charge is 2.07. The standard InChI is InChI=1S/C16H13NS/c1-2-5-13(6-3-1)16-11-9-14(17-16)8-10-15-7-4-12-18-15/h1-8,10-12H,9H2. The Morgan fingerprint density at radius 1 is 1.00 bits per heavy atom. The van der Waals surface area contributed by atoms with Gasteiger partial charge in [0.15, 0.2) is 0 Å². The van der Waals surface area contributed by atoms with Crippen molar-refractivity contribution in [2.24, 2.45) is 4.99 Å². The second-order valence-electron chi connectivity index (χ2n) is 4.11. The van der Waals surface area contributed by atoms with Crippen molar-refractivity contribution < 1.29 is 0 Å². The van der Waals surface area contributed by atoms with Gasteiger partial charge >= 0.3 is 0 Å². The summed E-state index contributed by atoms with van der Waals surface area (Å²) >= 11 is 1.74. The van der Waals surface area contributed by atoms with Gasteiger partial charge in [0.25, 0.3) is 0 Å². The van der Waals surface area contributed by atoms with Crippen LogP contribution in [-0.2, 0) is 0 Å². The van der Waals surface area contributed by atoms with E-state index in [0.717, 1.165) is 17.8 Å². The van der Waals surface area contributed by atoms with Crippen LogP contribution in [0.25, 0.3) is 11.8 Å². The van der Waals surface area contributed by atoms with Crippen molar-refractivity contribution in [1.29, 1.82) is 0 Å². The number of rotatable bonds is 3. The summed E-state index contributed by atoms with van der Waals surface area (Å²) in [6, 6.07) is 14.5. The molecule has 0 saturated carbocycles. The molecule has 0 N–H and O–H groups in total.